The third-order valence-corrected chi connectivity index (χ3v) is 17.6. The zero-order chi connectivity index (χ0) is 60.9. The van der Waals surface area contributed by atoms with Crippen LogP contribution in [-0.2, 0) is 23.8 Å². The number of unbranched alkanes of at least 4 members (excludes halogenated alkanes) is 49. The lowest BCUT2D eigenvalue weighted by Crippen LogP contribution is -2.60. The van der Waals surface area contributed by atoms with E-state index in [2.05, 4.69) is 31.3 Å². The van der Waals surface area contributed by atoms with Crippen molar-refractivity contribution < 1.29 is 49.3 Å². The van der Waals surface area contributed by atoms with Crippen molar-refractivity contribution in [1.82, 2.24) is 5.32 Å². The van der Waals surface area contributed by atoms with Gasteiger partial charge >= 0.3 is 5.97 Å². The maximum atomic E-state index is 13.1. The van der Waals surface area contributed by atoms with E-state index >= 15 is 0 Å². The summed E-state index contributed by atoms with van der Waals surface area (Å²) in [5, 5.41) is 54.4. The molecule has 0 aromatic carbocycles. The minimum Gasteiger partial charge on any atom is -0.466 e. The molecule has 0 aliphatic carbocycles. The van der Waals surface area contributed by atoms with Crippen LogP contribution in [0.1, 0.15) is 367 Å². The second-order valence-corrected chi connectivity index (χ2v) is 25.7. The molecule has 11 nitrogen and oxygen atoms in total. The van der Waals surface area contributed by atoms with Gasteiger partial charge in [-0.25, -0.2) is 0 Å². The number of esters is 1. The predicted octanol–water partition coefficient (Wildman–Crippen LogP) is 18.8. The van der Waals surface area contributed by atoms with Crippen LogP contribution < -0.4 is 5.32 Å². The van der Waals surface area contributed by atoms with E-state index in [0.717, 1.165) is 51.4 Å². The van der Waals surface area contributed by atoms with Gasteiger partial charge in [0, 0.05) is 12.8 Å². The number of amides is 1. The molecule has 0 saturated carbocycles. The van der Waals surface area contributed by atoms with Gasteiger partial charge in [0.1, 0.15) is 24.4 Å². The minimum absolute atomic E-state index is 0.0145. The summed E-state index contributed by atoms with van der Waals surface area (Å²) in [7, 11) is 0. The van der Waals surface area contributed by atoms with Gasteiger partial charge < -0.3 is 45.1 Å². The molecule has 0 radical (unpaired) electrons. The zero-order valence-electron chi connectivity index (χ0n) is 55.1. The van der Waals surface area contributed by atoms with E-state index in [4.69, 9.17) is 14.2 Å². The Hall–Kier alpha value is -1.86. The second-order valence-electron chi connectivity index (χ2n) is 25.7. The Bertz CT molecular complexity index is 1440. The van der Waals surface area contributed by atoms with Crippen LogP contribution in [0.2, 0.25) is 0 Å². The molecule has 496 valence electrons. The molecule has 0 aromatic rings. The van der Waals surface area contributed by atoms with Crippen molar-refractivity contribution in [1.29, 1.82) is 0 Å². The molecule has 84 heavy (non-hydrogen) atoms. The molecule has 1 rings (SSSR count). The number of hydrogen-bond acceptors (Lipinski definition) is 10. The summed E-state index contributed by atoms with van der Waals surface area (Å²) in [5.74, 6) is -0.171. The third-order valence-electron chi connectivity index (χ3n) is 17.6. The number of rotatable bonds is 65. The zero-order valence-corrected chi connectivity index (χ0v) is 55.1. The molecule has 11 heteroatoms. The maximum Gasteiger partial charge on any atom is 0.305 e. The fourth-order valence-electron chi connectivity index (χ4n) is 11.8. The van der Waals surface area contributed by atoms with Crippen LogP contribution in [0, 0.1) is 0 Å². The lowest BCUT2D eigenvalue weighted by Gasteiger charge is -2.40. The Kier molecular flexibility index (Phi) is 59.9. The van der Waals surface area contributed by atoms with E-state index in [1.54, 1.807) is 6.08 Å². The average molecular weight is 1190 g/mol. The fourth-order valence-corrected chi connectivity index (χ4v) is 11.8. The van der Waals surface area contributed by atoms with E-state index in [9.17, 15) is 35.1 Å². The average Bonchev–Trinajstić information content (AvgIpc) is 3.70. The Morgan fingerprint density at radius 3 is 1.18 bits per heavy atom. The third kappa shape index (κ3) is 51.1. The van der Waals surface area contributed by atoms with Gasteiger partial charge in [0.25, 0.3) is 0 Å². The van der Waals surface area contributed by atoms with Crippen molar-refractivity contribution in [3.8, 4) is 0 Å². The quantitative estimate of drug-likeness (QED) is 0.0195. The van der Waals surface area contributed by atoms with E-state index in [1.807, 2.05) is 6.08 Å². The molecular formula is C73H139NO10. The number of carbonyl (C=O) groups is 2. The molecule has 1 heterocycles. The first-order chi connectivity index (χ1) is 41.2. The molecule has 0 bridgehead atoms. The molecule has 1 aliphatic heterocycles. The van der Waals surface area contributed by atoms with Crippen LogP contribution in [0.25, 0.3) is 0 Å². The largest absolute Gasteiger partial charge is 0.466 e. The van der Waals surface area contributed by atoms with E-state index in [-0.39, 0.29) is 18.5 Å². The molecule has 7 unspecified atom stereocenters. The van der Waals surface area contributed by atoms with Crippen molar-refractivity contribution in [3.05, 3.63) is 24.3 Å². The number of nitrogens with one attached hydrogen (secondary N) is 1. The molecule has 6 N–H and O–H groups in total. The summed E-state index contributed by atoms with van der Waals surface area (Å²) in [6.45, 7) is 4.35. The highest BCUT2D eigenvalue weighted by atomic mass is 16.7. The molecule has 1 aliphatic rings. The number of ether oxygens (including phenoxy) is 3. The van der Waals surface area contributed by atoms with Gasteiger partial charge in [-0.15, -0.1) is 0 Å². The molecule has 0 spiro atoms. The highest BCUT2D eigenvalue weighted by Crippen LogP contribution is 2.24. The van der Waals surface area contributed by atoms with Gasteiger partial charge in [0.05, 0.1) is 32.0 Å². The van der Waals surface area contributed by atoms with E-state index in [1.165, 1.54) is 289 Å². The Balaban J connectivity index is 1.92. The van der Waals surface area contributed by atoms with Crippen molar-refractivity contribution in [2.45, 2.75) is 410 Å². The number of hydrogen-bond donors (Lipinski definition) is 6. The Labute approximate surface area is 518 Å². The molecule has 0 aromatic heterocycles. The first-order valence-corrected chi connectivity index (χ1v) is 36.6. The van der Waals surface area contributed by atoms with Crippen molar-refractivity contribution in [2.24, 2.45) is 0 Å². The smallest absolute Gasteiger partial charge is 0.305 e. The lowest BCUT2D eigenvalue weighted by atomic mass is 9.99. The van der Waals surface area contributed by atoms with Crippen LogP contribution in [0.4, 0.5) is 0 Å². The van der Waals surface area contributed by atoms with Crippen molar-refractivity contribution >= 4 is 11.9 Å². The summed E-state index contributed by atoms with van der Waals surface area (Å²) in [6, 6.07) is -0.823. The topological polar surface area (TPSA) is 175 Å². The van der Waals surface area contributed by atoms with Gasteiger partial charge in [-0.3, -0.25) is 9.59 Å². The van der Waals surface area contributed by atoms with Crippen LogP contribution >= 0.6 is 0 Å². The van der Waals surface area contributed by atoms with Crippen molar-refractivity contribution in [2.75, 3.05) is 19.8 Å². The van der Waals surface area contributed by atoms with Crippen LogP contribution in [0.15, 0.2) is 24.3 Å². The predicted molar refractivity (Wildman–Crippen MR) is 352 cm³/mol. The summed E-state index contributed by atoms with van der Waals surface area (Å²) in [6.07, 6.45) is 69.1. The summed E-state index contributed by atoms with van der Waals surface area (Å²) in [4.78, 5) is 25.1. The van der Waals surface area contributed by atoms with E-state index in [0.29, 0.717) is 19.4 Å². The molecular weight excluding hydrogens is 1050 g/mol. The minimum atomic E-state index is -1.57. The second kappa shape index (κ2) is 62.7. The standard InChI is InChI=1S/C73H139NO10/c1-3-5-7-9-11-13-15-40-43-47-51-55-59-66(76)65(64-83-73-72(81)71(80)70(79)67(63-75)84-73)74-68(77)60-56-52-48-44-41-37-35-33-31-29-27-25-23-21-19-17-16-18-20-22-24-26-28-30-32-34-36-38-42-46-50-54-58-62-82-69(78)61-57-53-49-45-39-14-12-10-8-6-4-2/h40,43,55,59,65-67,70-73,75-76,79-81H,3-39,41-42,44-54,56-58,60-64H2,1-2H3,(H,74,77)/b43-40+,59-55+. The van der Waals surface area contributed by atoms with Crippen LogP contribution in [0.5, 0.6) is 0 Å². The van der Waals surface area contributed by atoms with Gasteiger partial charge in [-0.2, -0.15) is 0 Å². The molecule has 7 atom stereocenters. The monoisotopic (exact) mass is 1190 g/mol. The lowest BCUT2D eigenvalue weighted by molar-refractivity contribution is -0.302. The van der Waals surface area contributed by atoms with Crippen molar-refractivity contribution in [3.63, 3.8) is 0 Å². The summed E-state index contributed by atoms with van der Waals surface area (Å²) in [5.41, 5.74) is 0. The van der Waals surface area contributed by atoms with Crippen LogP contribution in [0.3, 0.4) is 0 Å². The maximum absolute atomic E-state index is 13.1. The van der Waals surface area contributed by atoms with Crippen LogP contribution in [-0.4, -0.2) is 100 Å². The number of aliphatic hydroxyl groups excluding tert-OH is 5. The van der Waals surface area contributed by atoms with Gasteiger partial charge in [0.15, 0.2) is 6.29 Å². The van der Waals surface area contributed by atoms with Gasteiger partial charge in [0.2, 0.25) is 5.91 Å². The van der Waals surface area contributed by atoms with E-state index < -0.39 is 49.5 Å². The molecule has 1 amide bonds. The Morgan fingerprint density at radius 1 is 0.429 bits per heavy atom. The number of aliphatic hydroxyl groups is 5. The van der Waals surface area contributed by atoms with Gasteiger partial charge in [-0.1, -0.05) is 334 Å². The summed E-state index contributed by atoms with van der Waals surface area (Å²) >= 11 is 0. The fraction of sp³-hybridized carbons (Fsp3) is 0.918. The number of allylic oxidation sites excluding steroid dienone is 3. The molecule has 1 saturated heterocycles. The molecule has 1 fully saturated rings. The first kappa shape index (κ1) is 80.2. The highest BCUT2D eigenvalue weighted by molar-refractivity contribution is 5.76. The number of carbonyl (C=O) groups excluding carboxylic acids is 2. The first-order valence-electron chi connectivity index (χ1n) is 36.6. The van der Waals surface area contributed by atoms with Gasteiger partial charge in [-0.05, 0) is 44.9 Å². The highest BCUT2D eigenvalue weighted by Gasteiger charge is 2.44. The normalized spacial score (nSPS) is 18.1. The summed E-state index contributed by atoms with van der Waals surface area (Å²) < 4.78 is 16.7. The Morgan fingerprint density at radius 2 is 0.774 bits per heavy atom. The SMILES string of the molecule is CCCCCCCC/C=C/CC/C=C/C(O)C(COC1OC(CO)C(O)C(O)C1O)NC(=O)CCCCCCCCCCCCCCCCCCCCCCCCCCCCCCCCCCCOC(=O)CCCCCCCCCCCCC.